The zero-order valence-electron chi connectivity index (χ0n) is 13.6. The fourth-order valence-electron chi connectivity index (χ4n) is 3.03. The summed E-state index contributed by atoms with van der Waals surface area (Å²) in [5.74, 6) is 0.289. The number of benzene rings is 1. The van der Waals surface area contributed by atoms with Crippen LogP contribution in [0.2, 0.25) is 0 Å². The van der Waals surface area contributed by atoms with E-state index in [-0.39, 0.29) is 17.4 Å². The SMILES string of the molecule is N[C@@H]1CCCCN(Cc2cc(-c3ccccc3OC(F)(F)F)no2)C1. The Hall–Kier alpha value is -2.06. The van der Waals surface area contributed by atoms with E-state index in [0.717, 1.165) is 32.4 Å². The number of likely N-dealkylation sites (tertiary alicyclic amines) is 1. The van der Waals surface area contributed by atoms with E-state index in [4.69, 9.17) is 10.3 Å². The molecule has 1 aromatic carbocycles. The highest BCUT2D eigenvalue weighted by Gasteiger charge is 2.32. The Labute approximate surface area is 143 Å². The van der Waals surface area contributed by atoms with Crippen molar-refractivity contribution in [3.63, 3.8) is 0 Å². The molecule has 0 saturated carbocycles. The third-order valence-electron chi connectivity index (χ3n) is 4.12. The number of aromatic nitrogens is 1. The molecule has 2 aromatic rings. The highest BCUT2D eigenvalue weighted by Crippen LogP contribution is 2.33. The smallest absolute Gasteiger partial charge is 0.405 e. The number of nitrogens with two attached hydrogens (primary N) is 1. The molecule has 0 aliphatic carbocycles. The van der Waals surface area contributed by atoms with Crippen LogP contribution in [0.3, 0.4) is 0 Å². The molecule has 0 amide bonds. The maximum Gasteiger partial charge on any atom is 0.573 e. The van der Waals surface area contributed by atoms with Gasteiger partial charge in [-0.1, -0.05) is 23.7 Å². The van der Waals surface area contributed by atoms with E-state index >= 15 is 0 Å². The van der Waals surface area contributed by atoms with Gasteiger partial charge >= 0.3 is 6.36 Å². The number of ether oxygens (including phenoxy) is 1. The topological polar surface area (TPSA) is 64.5 Å². The van der Waals surface area contributed by atoms with Crippen molar-refractivity contribution in [2.45, 2.75) is 38.2 Å². The van der Waals surface area contributed by atoms with E-state index in [9.17, 15) is 13.2 Å². The average molecular weight is 355 g/mol. The van der Waals surface area contributed by atoms with Gasteiger partial charge in [-0.3, -0.25) is 4.90 Å². The molecule has 136 valence electrons. The van der Waals surface area contributed by atoms with Crippen LogP contribution in [0.4, 0.5) is 13.2 Å². The monoisotopic (exact) mass is 355 g/mol. The van der Waals surface area contributed by atoms with Crippen molar-refractivity contribution in [2.75, 3.05) is 13.1 Å². The van der Waals surface area contributed by atoms with Crippen LogP contribution in [-0.4, -0.2) is 35.6 Å². The van der Waals surface area contributed by atoms with Crippen molar-refractivity contribution in [3.05, 3.63) is 36.1 Å². The van der Waals surface area contributed by atoms with Gasteiger partial charge in [-0.15, -0.1) is 13.2 Å². The van der Waals surface area contributed by atoms with Gasteiger partial charge in [0.1, 0.15) is 11.4 Å². The van der Waals surface area contributed by atoms with E-state index in [1.165, 1.54) is 18.2 Å². The molecule has 0 bridgehead atoms. The number of nitrogens with zero attached hydrogens (tertiary/aromatic N) is 2. The average Bonchev–Trinajstić information content (AvgIpc) is 2.88. The minimum Gasteiger partial charge on any atom is -0.405 e. The summed E-state index contributed by atoms with van der Waals surface area (Å²) in [5.41, 5.74) is 6.59. The predicted octanol–water partition coefficient (Wildman–Crippen LogP) is 3.55. The lowest BCUT2D eigenvalue weighted by Crippen LogP contribution is -2.35. The molecule has 8 heteroatoms. The van der Waals surface area contributed by atoms with Crippen molar-refractivity contribution in [3.8, 4) is 17.0 Å². The predicted molar refractivity (Wildman–Crippen MR) is 85.7 cm³/mol. The lowest BCUT2D eigenvalue weighted by Gasteiger charge is -2.20. The van der Waals surface area contributed by atoms with Gasteiger partial charge in [-0.05, 0) is 31.5 Å². The number of alkyl halides is 3. The van der Waals surface area contributed by atoms with Crippen LogP contribution in [0, 0.1) is 0 Å². The highest BCUT2D eigenvalue weighted by molar-refractivity contribution is 5.66. The summed E-state index contributed by atoms with van der Waals surface area (Å²) in [6.45, 7) is 2.21. The second kappa shape index (κ2) is 7.45. The first-order chi connectivity index (χ1) is 11.9. The first-order valence-electron chi connectivity index (χ1n) is 8.19. The molecule has 3 rings (SSSR count). The Kier molecular flexibility index (Phi) is 5.29. The zero-order chi connectivity index (χ0) is 17.9. The number of para-hydroxylation sites is 1. The lowest BCUT2D eigenvalue weighted by atomic mass is 10.1. The molecule has 0 spiro atoms. The van der Waals surface area contributed by atoms with Crippen LogP contribution in [0.15, 0.2) is 34.9 Å². The summed E-state index contributed by atoms with van der Waals surface area (Å²) >= 11 is 0. The van der Waals surface area contributed by atoms with Crippen LogP contribution in [0.1, 0.15) is 25.0 Å². The molecular weight excluding hydrogens is 335 g/mol. The minimum absolute atomic E-state index is 0.130. The molecule has 0 unspecified atom stereocenters. The molecule has 0 radical (unpaired) electrons. The van der Waals surface area contributed by atoms with Gasteiger partial charge in [-0.25, -0.2) is 0 Å². The maximum atomic E-state index is 12.5. The molecule has 2 N–H and O–H groups in total. The second-order valence-electron chi connectivity index (χ2n) is 6.21. The van der Waals surface area contributed by atoms with Crippen LogP contribution >= 0.6 is 0 Å². The van der Waals surface area contributed by atoms with Gasteiger partial charge in [0.05, 0.1) is 6.54 Å². The zero-order valence-corrected chi connectivity index (χ0v) is 13.6. The molecule has 1 aliphatic rings. The second-order valence-corrected chi connectivity index (χ2v) is 6.21. The Bertz CT molecular complexity index is 702. The first kappa shape index (κ1) is 17.8. The standard InChI is InChI=1S/C17H20F3N3O2/c18-17(19,20)24-16-7-2-1-6-14(16)15-9-13(25-22-15)11-23-8-4-3-5-12(21)10-23/h1-2,6-7,9,12H,3-5,8,10-11,21H2/t12-/m1/s1. The molecular formula is C17H20F3N3O2. The summed E-state index contributed by atoms with van der Waals surface area (Å²) < 4.78 is 47.0. The summed E-state index contributed by atoms with van der Waals surface area (Å²) in [5, 5.41) is 3.90. The molecule has 1 aliphatic heterocycles. The van der Waals surface area contributed by atoms with Crippen LogP contribution in [0.5, 0.6) is 5.75 Å². The van der Waals surface area contributed by atoms with Gasteiger partial charge < -0.3 is 15.0 Å². The maximum absolute atomic E-state index is 12.5. The first-order valence-corrected chi connectivity index (χ1v) is 8.19. The number of hydrogen-bond acceptors (Lipinski definition) is 5. The molecule has 1 saturated heterocycles. The van der Waals surface area contributed by atoms with E-state index in [1.807, 2.05) is 0 Å². The lowest BCUT2D eigenvalue weighted by molar-refractivity contribution is -0.274. The normalized spacial score (nSPS) is 19.6. The van der Waals surface area contributed by atoms with Crippen molar-refractivity contribution in [2.24, 2.45) is 5.73 Å². The van der Waals surface area contributed by atoms with Gasteiger partial charge in [0, 0.05) is 24.2 Å². The van der Waals surface area contributed by atoms with Gasteiger partial charge in [0.25, 0.3) is 0 Å². The molecule has 1 atom stereocenters. The third kappa shape index (κ3) is 4.96. The Morgan fingerprint density at radius 1 is 1.28 bits per heavy atom. The molecule has 1 aromatic heterocycles. The quantitative estimate of drug-likeness (QED) is 0.909. The van der Waals surface area contributed by atoms with Crippen LogP contribution < -0.4 is 10.5 Å². The summed E-state index contributed by atoms with van der Waals surface area (Å²) in [4.78, 5) is 2.18. The van der Waals surface area contributed by atoms with Crippen molar-refractivity contribution < 1.29 is 22.4 Å². The minimum atomic E-state index is -4.76. The van der Waals surface area contributed by atoms with Gasteiger partial charge in [-0.2, -0.15) is 0 Å². The van der Waals surface area contributed by atoms with Gasteiger partial charge in [0.2, 0.25) is 0 Å². The van der Waals surface area contributed by atoms with Gasteiger partial charge in [0.15, 0.2) is 5.76 Å². The fourth-order valence-corrected chi connectivity index (χ4v) is 3.03. The number of hydrogen-bond donors (Lipinski definition) is 1. The molecule has 1 fully saturated rings. The van der Waals surface area contributed by atoms with E-state index in [0.29, 0.717) is 18.0 Å². The Balaban J connectivity index is 1.75. The Morgan fingerprint density at radius 3 is 2.88 bits per heavy atom. The van der Waals surface area contributed by atoms with Crippen LogP contribution in [-0.2, 0) is 6.54 Å². The number of rotatable bonds is 4. The van der Waals surface area contributed by atoms with Crippen LogP contribution in [0.25, 0.3) is 11.3 Å². The van der Waals surface area contributed by atoms with Crippen molar-refractivity contribution >= 4 is 0 Å². The summed E-state index contributed by atoms with van der Waals surface area (Å²) in [6, 6.07) is 7.65. The van der Waals surface area contributed by atoms with Crippen molar-refractivity contribution in [1.29, 1.82) is 0 Å². The molecule has 2 heterocycles. The largest absolute Gasteiger partial charge is 0.573 e. The fraction of sp³-hybridized carbons (Fsp3) is 0.471. The van der Waals surface area contributed by atoms with Crippen molar-refractivity contribution in [1.82, 2.24) is 10.1 Å². The molecule has 5 nitrogen and oxygen atoms in total. The third-order valence-corrected chi connectivity index (χ3v) is 4.12. The van der Waals surface area contributed by atoms with E-state index < -0.39 is 6.36 Å². The summed E-state index contributed by atoms with van der Waals surface area (Å²) in [7, 11) is 0. The van der Waals surface area contributed by atoms with E-state index in [1.54, 1.807) is 12.1 Å². The van der Waals surface area contributed by atoms with E-state index in [2.05, 4.69) is 14.8 Å². The summed E-state index contributed by atoms with van der Waals surface area (Å²) in [6.07, 6.45) is -1.59. The number of halogens is 3. The molecule has 25 heavy (non-hydrogen) atoms. The highest BCUT2D eigenvalue weighted by atomic mass is 19.4. The Morgan fingerprint density at radius 2 is 2.08 bits per heavy atom.